The molecule has 74 valence electrons. The number of hydrogen-bond donors (Lipinski definition) is 1. The van der Waals surface area contributed by atoms with Gasteiger partial charge in [0.15, 0.2) is 0 Å². The van der Waals surface area contributed by atoms with Crippen molar-refractivity contribution in [3.05, 3.63) is 23.8 Å². The van der Waals surface area contributed by atoms with Crippen LogP contribution in [0.4, 0.5) is 5.69 Å². The van der Waals surface area contributed by atoms with E-state index in [4.69, 9.17) is 0 Å². The highest BCUT2D eigenvalue weighted by molar-refractivity contribution is 6.08. The first kappa shape index (κ1) is 9.06. The third-order valence-electron chi connectivity index (χ3n) is 2.85. The predicted octanol–water partition coefficient (Wildman–Crippen LogP) is 1.65. The lowest BCUT2D eigenvalue weighted by atomic mass is 9.85. The van der Waals surface area contributed by atoms with Crippen LogP contribution >= 0.6 is 0 Å². The normalized spacial score (nSPS) is 18.5. The molecule has 1 aromatic rings. The van der Waals surface area contributed by atoms with Crippen molar-refractivity contribution in [1.82, 2.24) is 0 Å². The molecule has 0 saturated carbocycles. The fourth-order valence-corrected chi connectivity index (χ4v) is 2.08. The van der Waals surface area contributed by atoms with E-state index in [1.54, 1.807) is 24.1 Å². The maximum absolute atomic E-state index is 11.9. The molecule has 0 unspecified atom stereocenters. The molecule has 1 N–H and O–H groups in total. The fourth-order valence-electron chi connectivity index (χ4n) is 2.08. The van der Waals surface area contributed by atoms with E-state index in [1.165, 1.54) is 0 Å². The quantitative estimate of drug-likeness (QED) is 0.677. The molecule has 1 aliphatic heterocycles. The SMILES string of the molecule is CN1C(=O)C(C)(C)c2c(O)cccc21. The summed E-state index contributed by atoms with van der Waals surface area (Å²) in [7, 11) is 1.73. The third-order valence-corrected chi connectivity index (χ3v) is 2.85. The number of phenolic OH excluding ortho intramolecular Hbond substituents is 1. The number of anilines is 1. The van der Waals surface area contributed by atoms with Crippen LogP contribution in [0.1, 0.15) is 19.4 Å². The van der Waals surface area contributed by atoms with Crippen LogP contribution < -0.4 is 4.90 Å². The van der Waals surface area contributed by atoms with Gasteiger partial charge in [0.05, 0.1) is 11.1 Å². The Bertz CT molecular complexity index is 410. The molecule has 3 nitrogen and oxygen atoms in total. The highest BCUT2D eigenvalue weighted by Crippen LogP contribution is 2.45. The Morgan fingerprint density at radius 3 is 2.57 bits per heavy atom. The summed E-state index contributed by atoms with van der Waals surface area (Å²) in [6.07, 6.45) is 0. The minimum Gasteiger partial charge on any atom is -0.508 e. The molecule has 14 heavy (non-hydrogen) atoms. The number of fused-ring (bicyclic) bond motifs is 1. The van der Waals surface area contributed by atoms with Crippen LogP contribution in [-0.2, 0) is 10.2 Å². The molecule has 1 aromatic carbocycles. The van der Waals surface area contributed by atoms with Gasteiger partial charge in [-0.3, -0.25) is 4.79 Å². The Kier molecular flexibility index (Phi) is 1.62. The summed E-state index contributed by atoms with van der Waals surface area (Å²) < 4.78 is 0. The van der Waals surface area contributed by atoms with Crippen molar-refractivity contribution in [3.8, 4) is 5.75 Å². The van der Waals surface area contributed by atoms with E-state index in [9.17, 15) is 9.90 Å². The third kappa shape index (κ3) is 0.895. The van der Waals surface area contributed by atoms with Gasteiger partial charge in [0, 0.05) is 12.6 Å². The molecule has 1 amide bonds. The smallest absolute Gasteiger partial charge is 0.237 e. The van der Waals surface area contributed by atoms with E-state index in [2.05, 4.69) is 0 Å². The Labute approximate surface area is 83.0 Å². The van der Waals surface area contributed by atoms with Gasteiger partial charge in [0.25, 0.3) is 0 Å². The Morgan fingerprint density at radius 2 is 2.00 bits per heavy atom. The number of rotatable bonds is 0. The van der Waals surface area contributed by atoms with Gasteiger partial charge in [-0.25, -0.2) is 0 Å². The Balaban J connectivity index is 2.75. The summed E-state index contributed by atoms with van der Waals surface area (Å²) in [6.45, 7) is 3.66. The van der Waals surface area contributed by atoms with Crippen molar-refractivity contribution < 1.29 is 9.90 Å². The van der Waals surface area contributed by atoms with E-state index in [0.29, 0.717) is 0 Å². The van der Waals surface area contributed by atoms with Crippen molar-refractivity contribution in [2.24, 2.45) is 0 Å². The number of likely N-dealkylation sites (N-methyl/N-ethyl adjacent to an activating group) is 1. The Hall–Kier alpha value is -1.51. The summed E-state index contributed by atoms with van der Waals surface area (Å²) in [6, 6.07) is 5.22. The van der Waals surface area contributed by atoms with Crippen molar-refractivity contribution in [2.75, 3.05) is 11.9 Å². The minimum absolute atomic E-state index is 0.0222. The van der Waals surface area contributed by atoms with Crippen molar-refractivity contribution in [3.63, 3.8) is 0 Å². The largest absolute Gasteiger partial charge is 0.508 e. The first-order valence-corrected chi connectivity index (χ1v) is 4.57. The molecule has 2 rings (SSSR count). The number of amides is 1. The van der Waals surface area contributed by atoms with Gasteiger partial charge in [0.1, 0.15) is 5.75 Å². The molecule has 0 atom stereocenters. The maximum Gasteiger partial charge on any atom is 0.237 e. The number of aromatic hydroxyl groups is 1. The summed E-state index contributed by atoms with van der Waals surface area (Å²) in [4.78, 5) is 13.4. The lowest BCUT2D eigenvalue weighted by molar-refractivity contribution is -0.121. The van der Waals surface area contributed by atoms with E-state index in [1.807, 2.05) is 19.9 Å². The van der Waals surface area contributed by atoms with Gasteiger partial charge in [-0.05, 0) is 26.0 Å². The second-order valence-electron chi connectivity index (χ2n) is 4.16. The topological polar surface area (TPSA) is 40.5 Å². The van der Waals surface area contributed by atoms with E-state index < -0.39 is 5.41 Å². The zero-order valence-electron chi connectivity index (χ0n) is 8.53. The monoisotopic (exact) mass is 191 g/mol. The predicted molar refractivity (Wildman–Crippen MR) is 54.5 cm³/mol. The second-order valence-corrected chi connectivity index (χ2v) is 4.16. The molecular weight excluding hydrogens is 178 g/mol. The molecule has 0 spiro atoms. The van der Waals surface area contributed by atoms with Gasteiger partial charge in [-0.2, -0.15) is 0 Å². The minimum atomic E-state index is -0.616. The lowest BCUT2D eigenvalue weighted by Crippen LogP contribution is -2.33. The first-order valence-electron chi connectivity index (χ1n) is 4.57. The fraction of sp³-hybridized carbons (Fsp3) is 0.364. The van der Waals surface area contributed by atoms with Crippen LogP contribution in [0.25, 0.3) is 0 Å². The van der Waals surface area contributed by atoms with Gasteiger partial charge >= 0.3 is 0 Å². The summed E-state index contributed by atoms with van der Waals surface area (Å²) in [5.74, 6) is 0.221. The number of benzene rings is 1. The molecule has 1 aliphatic rings. The van der Waals surface area contributed by atoms with E-state index >= 15 is 0 Å². The molecule has 0 bridgehead atoms. The summed E-state index contributed by atoms with van der Waals surface area (Å²) in [5.41, 5.74) is 0.919. The number of carbonyl (C=O) groups is 1. The molecule has 0 aliphatic carbocycles. The van der Waals surface area contributed by atoms with Gasteiger partial charge in [-0.15, -0.1) is 0 Å². The van der Waals surface area contributed by atoms with Crippen LogP contribution in [0, 0.1) is 0 Å². The molecule has 3 heteroatoms. The number of hydrogen-bond acceptors (Lipinski definition) is 2. The summed E-state index contributed by atoms with van der Waals surface area (Å²) >= 11 is 0. The van der Waals surface area contributed by atoms with Gasteiger partial charge in [-0.1, -0.05) is 6.07 Å². The number of nitrogens with zero attached hydrogens (tertiary/aromatic N) is 1. The highest BCUT2D eigenvalue weighted by Gasteiger charge is 2.43. The van der Waals surface area contributed by atoms with Gasteiger partial charge < -0.3 is 10.0 Å². The average molecular weight is 191 g/mol. The average Bonchev–Trinajstić information content (AvgIpc) is 2.29. The van der Waals surface area contributed by atoms with Crippen molar-refractivity contribution in [1.29, 1.82) is 0 Å². The molecule has 0 radical (unpaired) electrons. The zero-order chi connectivity index (χ0) is 10.5. The maximum atomic E-state index is 11.9. The highest BCUT2D eigenvalue weighted by atomic mass is 16.3. The first-order chi connectivity index (χ1) is 6.46. The van der Waals surface area contributed by atoms with Crippen LogP contribution in [0.3, 0.4) is 0 Å². The summed E-state index contributed by atoms with van der Waals surface area (Å²) in [5, 5.41) is 9.72. The second kappa shape index (κ2) is 2.50. The van der Waals surface area contributed by atoms with Crippen LogP contribution in [-0.4, -0.2) is 18.1 Å². The molecule has 1 heterocycles. The molecule has 0 fully saturated rings. The zero-order valence-corrected chi connectivity index (χ0v) is 8.53. The van der Waals surface area contributed by atoms with E-state index in [0.717, 1.165) is 11.3 Å². The Morgan fingerprint density at radius 1 is 1.36 bits per heavy atom. The standard InChI is InChI=1S/C11H13NO2/c1-11(2)9-7(12(3)10(11)14)5-4-6-8(9)13/h4-6,13H,1-3H3. The number of carbonyl (C=O) groups excluding carboxylic acids is 1. The van der Waals surface area contributed by atoms with Crippen molar-refractivity contribution in [2.45, 2.75) is 19.3 Å². The van der Waals surface area contributed by atoms with Gasteiger partial charge in [0.2, 0.25) is 5.91 Å². The van der Waals surface area contributed by atoms with Crippen molar-refractivity contribution >= 4 is 11.6 Å². The van der Waals surface area contributed by atoms with Crippen LogP contribution in [0.2, 0.25) is 0 Å². The molecular formula is C11H13NO2. The number of phenols is 1. The van der Waals surface area contributed by atoms with Crippen LogP contribution in [0.5, 0.6) is 5.75 Å². The molecule has 0 aromatic heterocycles. The lowest BCUT2D eigenvalue weighted by Gasteiger charge is -2.16. The molecule has 0 saturated heterocycles. The van der Waals surface area contributed by atoms with E-state index in [-0.39, 0.29) is 11.7 Å². The van der Waals surface area contributed by atoms with Crippen LogP contribution in [0.15, 0.2) is 18.2 Å².